The van der Waals surface area contributed by atoms with E-state index in [1.807, 2.05) is 45.0 Å². The first-order valence-corrected chi connectivity index (χ1v) is 10.2. The summed E-state index contributed by atoms with van der Waals surface area (Å²) in [5, 5.41) is 8.59. The van der Waals surface area contributed by atoms with E-state index < -0.39 is 0 Å². The summed E-state index contributed by atoms with van der Waals surface area (Å²) in [6.07, 6.45) is 2.31. The van der Waals surface area contributed by atoms with E-state index in [-0.39, 0.29) is 23.9 Å². The maximum Gasteiger partial charge on any atom is 0.273 e. The fraction of sp³-hybridized carbons (Fsp3) is 0.450. The first kappa shape index (κ1) is 19.4. The smallest absolute Gasteiger partial charge is 0.273 e. The lowest BCUT2D eigenvalue weighted by atomic mass is 10.2. The van der Waals surface area contributed by atoms with Crippen LogP contribution < -0.4 is 10.6 Å². The van der Waals surface area contributed by atoms with Gasteiger partial charge < -0.3 is 15.5 Å². The zero-order chi connectivity index (χ0) is 19.4. The van der Waals surface area contributed by atoms with Crippen LogP contribution in [0.2, 0.25) is 0 Å². The van der Waals surface area contributed by atoms with Crippen LogP contribution in [0.3, 0.4) is 0 Å². The van der Waals surface area contributed by atoms with E-state index in [0.29, 0.717) is 23.8 Å². The molecule has 144 valence electrons. The minimum atomic E-state index is -0.0941. The molecule has 2 N–H and O–H groups in total. The highest BCUT2D eigenvalue weighted by atomic mass is 32.1. The van der Waals surface area contributed by atoms with Crippen molar-refractivity contribution in [3.63, 3.8) is 0 Å². The van der Waals surface area contributed by atoms with Gasteiger partial charge in [0.1, 0.15) is 5.69 Å². The van der Waals surface area contributed by atoms with Gasteiger partial charge in [0.25, 0.3) is 5.91 Å². The molecule has 1 aromatic carbocycles. The molecule has 0 radical (unpaired) electrons. The summed E-state index contributed by atoms with van der Waals surface area (Å²) in [7, 11) is 0. The molecule has 1 aliphatic carbocycles. The molecule has 27 heavy (non-hydrogen) atoms. The highest BCUT2D eigenvalue weighted by Gasteiger charge is 2.34. The number of aromatic nitrogens is 1. The van der Waals surface area contributed by atoms with Gasteiger partial charge in [-0.3, -0.25) is 9.59 Å². The molecule has 1 saturated carbocycles. The largest absolute Gasteiger partial charge is 0.354 e. The van der Waals surface area contributed by atoms with Crippen LogP contribution in [0.25, 0.3) is 0 Å². The van der Waals surface area contributed by atoms with Crippen molar-refractivity contribution < 1.29 is 9.59 Å². The van der Waals surface area contributed by atoms with Crippen LogP contribution in [0.15, 0.2) is 29.6 Å². The summed E-state index contributed by atoms with van der Waals surface area (Å²) in [6, 6.07) is 8.36. The van der Waals surface area contributed by atoms with Gasteiger partial charge in [0.15, 0.2) is 5.13 Å². The molecule has 7 heteroatoms. The van der Waals surface area contributed by atoms with Crippen LogP contribution in [-0.4, -0.2) is 40.3 Å². The third-order valence-corrected chi connectivity index (χ3v) is 5.03. The van der Waals surface area contributed by atoms with E-state index in [1.165, 1.54) is 11.3 Å². The lowest BCUT2D eigenvalue weighted by molar-refractivity contribution is -0.121. The second-order valence-electron chi connectivity index (χ2n) is 7.23. The summed E-state index contributed by atoms with van der Waals surface area (Å²) < 4.78 is 0. The van der Waals surface area contributed by atoms with Crippen LogP contribution in [-0.2, 0) is 4.79 Å². The Bertz CT molecular complexity index is 814. The first-order chi connectivity index (χ1) is 12.9. The number of nitrogens with zero attached hydrogens (tertiary/aromatic N) is 2. The number of aryl methyl sites for hydroxylation is 1. The molecule has 0 spiro atoms. The molecule has 1 fully saturated rings. The zero-order valence-electron chi connectivity index (χ0n) is 16.0. The number of carbonyl (C=O) groups excluding carboxylic acids is 2. The van der Waals surface area contributed by atoms with Gasteiger partial charge in [-0.25, -0.2) is 4.98 Å². The van der Waals surface area contributed by atoms with Gasteiger partial charge in [0.2, 0.25) is 5.91 Å². The van der Waals surface area contributed by atoms with E-state index in [2.05, 4.69) is 15.6 Å². The van der Waals surface area contributed by atoms with E-state index >= 15 is 0 Å². The standard InChI is InChI=1S/C20H26N4O2S/c1-13(2)21-18(25)9-10-24(16-7-8-16)19(26)17-12-27-20(23-17)22-15-6-4-5-14(3)11-15/h4-6,11-13,16H,7-10H2,1-3H3,(H,21,25)(H,22,23). The fourth-order valence-electron chi connectivity index (χ4n) is 2.88. The number of carbonyl (C=O) groups is 2. The van der Waals surface area contributed by atoms with Gasteiger partial charge >= 0.3 is 0 Å². The summed E-state index contributed by atoms with van der Waals surface area (Å²) in [4.78, 5) is 31.1. The number of rotatable bonds is 8. The number of anilines is 2. The Morgan fingerprint density at radius 1 is 1.33 bits per heavy atom. The Balaban J connectivity index is 1.63. The maximum absolute atomic E-state index is 12.9. The molecular weight excluding hydrogens is 360 g/mol. The van der Waals surface area contributed by atoms with Crippen molar-refractivity contribution in [2.45, 2.75) is 52.1 Å². The third kappa shape index (κ3) is 5.53. The van der Waals surface area contributed by atoms with Crippen molar-refractivity contribution in [1.29, 1.82) is 0 Å². The Morgan fingerprint density at radius 3 is 2.78 bits per heavy atom. The first-order valence-electron chi connectivity index (χ1n) is 9.32. The predicted molar refractivity (Wildman–Crippen MR) is 109 cm³/mol. The highest BCUT2D eigenvalue weighted by molar-refractivity contribution is 7.14. The topological polar surface area (TPSA) is 74.3 Å². The number of hydrogen-bond donors (Lipinski definition) is 2. The fourth-order valence-corrected chi connectivity index (χ4v) is 3.58. The van der Waals surface area contributed by atoms with Crippen molar-refractivity contribution in [1.82, 2.24) is 15.2 Å². The number of thiazole rings is 1. The molecule has 1 aromatic heterocycles. The maximum atomic E-state index is 12.9. The third-order valence-electron chi connectivity index (χ3n) is 4.27. The van der Waals surface area contributed by atoms with Gasteiger partial charge in [-0.1, -0.05) is 12.1 Å². The molecule has 0 bridgehead atoms. The van der Waals surface area contributed by atoms with Gasteiger partial charge in [-0.2, -0.15) is 0 Å². The Kier molecular flexibility index (Phi) is 6.11. The molecule has 2 amide bonds. The second-order valence-corrected chi connectivity index (χ2v) is 8.09. The van der Waals surface area contributed by atoms with Gasteiger partial charge in [0, 0.05) is 36.1 Å². The molecule has 1 aliphatic rings. The highest BCUT2D eigenvalue weighted by Crippen LogP contribution is 2.29. The Labute approximate surface area is 164 Å². The number of hydrogen-bond acceptors (Lipinski definition) is 5. The van der Waals surface area contributed by atoms with Crippen molar-refractivity contribution in [3.8, 4) is 0 Å². The number of benzene rings is 1. The molecule has 0 unspecified atom stereocenters. The monoisotopic (exact) mass is 386 g/mol. The van der Waals surface area contributed by atoms with Crippen molar-refractivity contribution in [2.75, 3.05) is 11.9 Å². The minimum Gasteiger partial charge on any atom is -0.354 e. The summed E-state index contributed by atoms with van der Waals surface area (Å²) >= 11 is 1.41. The van der Waals surface area contributed by atoms with Gasteiger partial charge in [-0.15, -0.1) is 11.3 Å². The van der Waals surface area contributed by atoms with Crippen molar-refractivity contribution in [3.05, 3.63) is 40.9 Å². The molecule has 0 atom stereocenters. The normalized spacial score (nSPS) is 13.5. The molecule has 1 heterocycles. The SMILES string of the molecule is Cc1cccc(Nc2nc(C(=O)N(CCC(=O)NC(C)C)C3CC3)cs2)c1. The predicted octanol–water partition coefficient (Wildman–Crippen LogP) is 3.71. The van der Waals surface area contributed by atoms with Crippen LogP contribution >= 0.6 is 11.3 Å². The van der Waals surface area contributed by atoms with Crippen LogP contribution in [0.4, 0.5) is 10.8 Å². The number of amides is 2. The summed E-state index contributed by atoms with van der Waals surface area (Å²) in [5.74, 6) is -0.119. The summed E-state index contributed by atoms with van der Waals surface area (Å²) in [6.45, 7) is 6.32. The van der Waals surface area contributed by atoms with E-state index in [9.17, 15) is 9.59 Å². The van der Waals surface area contributed by atoms with Crippen LogP contribution in [0.5, 0.6) is 0 Å². The average Bonchev–Trinajstić information content (AvgIpc) is 3.33. The summed E-state index contributed by atoms with van der Waals surface area (Å²) in [5.41, 5.74) is 2.55. The van der Waals surface area contributed by atoms with Gasteiger partial charge in [-0.05, 0) is 51.3 Å². The van der Waals surface area contributed by atoms with E-state index in [4.69, 9.17) is 0 Å². The second kappa shape index (κ2) is 8.52. The molecule has 6 nitrogen and oxygen atoms in total. The quantitative estimate of drug-likeness (QED) is 0.725. The number of nitrogens with one attached hydrogen (secondary N) is 2. The lowest BCUT2D eigenvalue weighted by Crippen LogP contribution is -2.38. The van der Waals surface area contributed by atoms with E-state index in [0.717, 1.165) is 24.1 Å². The van der Waals surface area contributed by atoms with Gasteiger partial charge in [0.05, 0.1) is 0 Å². The van der Waals surface area contributed by atoms with Crippen molar-refractivity contribution >= 4 is 34.0 Å². The Hall–Kier alpha value is -2.41. The molecular formula is C20H26N4O2S. The van der Waals surface area contributed by atoms with E-state index in [1.54, 1.807) is 10.3 Å². The lowest BCUT2D eigenvalue weighted by Gasteiger charge is -2.21. The van der Waals surface area contributed by atoms with Crippen LogP contribution in [0, 0.1) is 6.92 Å². The zero-order valence-corrected chi connectivity index (χ0v) is 16.8. The van der Waals surface area contributed by atoms with Crippen molar-refractivity contribution in [2.24, 2.45) is 0 Å². The molecule has 0 aliphatic heterocycles. The average molecular weight is 387 g/mol. The Morgan fingerprint density at radius 2 is 2.11 bits per heavy atom. The minimum absolute atomic E-state index is 0.0245. The molecule has 3 rings (SSSR count). The van der Waals surface area contributed by atoms with Crippen LogP contribution in [0.1, 0.15) is 49.2 Å². The molecule has 0 saturated heterocycles. The molecule has 2 aromatic rings.